The number of hydrogen-bond acceptors (Lipinski definition) is 3. The van der Waals surface area contributed by atoms with Crippen LogP contribution >= 0.6 is 0 Å². The molecule has 2 aromatic rings. The molecule has 0 aliphatic rings. The van der Waals surface area contributed by atoms with Crippen molar-refractivity contribution in [1.82, 2.24) is 0 Å². The molecule has 0 aliphatic carbocycles. The third-order valence-corrected chi connectivity index (χ3v) is 2.44. The molecule has 2 aromatic carbocycles. The zero-order chi connectivity index (χ0) is 14.0. The number of anilines is 3. The van der Waals surface area contributed by atoms with E-state index >= 15 is 0 Å². The van der Waals surface area contributed by atoms with Gasteiger partial charge in [0, 0.05) is 23.1 Å². The summed E-state index contributed by atoms with van der Waals surface area (Å²) >= 11 is 0. The van der Waals surface area contributed by atoms with Crippen molar-refractivity contribution in [1.29, 1.82) is 0 Å². The monoisotopic (exact) mass is 263 g/mol. The smallest absolute Gasteiger partial charge is 0.257 e. The number of nitrogens with two attached hydrogens (primary N) is 2. The fourth-order valence-corrected chi connectivity index (χ4v) is 1.61. The van der Waals surface area contributed by atoms with E-state index in [0.29, 0.717) is 11.8 Å². The highest BCUT2D eigenvalue weighted by atomic mass is 19.1. The second kappa shape index (κ2) is 4.93. The Bertz CT molecular complexity index is 624. The van der Waals surface area contributed by atoms with Gasteiger partial charge in [-0.05, 0) is 30.3 Å². The molecule has 4 nitrogen and oxygen atoms in total. The second-order valence-corrected chi connectivity index (χ2v) is 3.96. The number of rotatable bonds is 2. The van der Waals surface area contributed by atoms with Crippen LogP contribution in [-0.2, 0) is 0 Å². The number of nitrogen functional groups attached to an aromatic ring is 2. The molecule has 1 amide bonds. The first-order chi connectivity index (χ1) is 8.95. The van der Waals surface area contributed by atoms with Crippen molar-refractivity contribution >= 4 is 23.0 Å². The van der Waals surface area contributed by atoms with Crippen molar-refractivity contribution in [2.75, 3.05) is 16.8 Å². The molecule has 5 N–H and O–H groups in total. The lowest BCUT2D eigenvalue weighted by molar-refractivity contribution is 0.102. The molecule has 0 bridgehead atoms. The van der Waals surface area contributed by atoms with E-state index in [-0.39, 0.29) is 16.9 Å². The molecule has 6 heteroatoms. The first-order valence-corrected chi connectivity index (χ1v) is 5.38. The summed E-state index contributed by atoms with van der Waals surface area (Å²) < 4.78 is 26.0. The molecule has 0 atom stereocenters. The predicted octanol–water partition coefficient (Wildman–Crippen LogP) is 2.38. The SMILES string of the molecule is Nc1ccc(C(=O)Nc2cc(F)cc(F)c2)c(N)c1. The summed E-state index contributed by atoms with van der Waals surface area (Å²) in [5.41, 5.74) is 12.0. The average Bonchev–Trinajstić information content (AvgIpc) is 2.26. The van der Waals surface area contributed by atoms with E-state index in [1.165, 1.54) is 18.2 Å². The van der Waals surface area contributed by atoms with Crippen LogP contribution in [-0.4, -0.2) is 5.91 Å². The van der Waals surface area contributed by atoms with Gasteiger partial charge < -0.3 is 16.8 Å². The summed E-state index contributed by atoms with van der Waals surface area (Å²) in [5.74, 6) is -2.12. The van der Waals surface area contributed by atoms with Gasteiger partial charge in [-0.3, -0.25) is 4.79 Å². The van der Waals surface area contributed by atoms with Crippen molar-refractivity contribution in [3.05, 3.63) is 53.6 Å². The van der Waals surface area contributed by atoms with Crippen LogP contribution in [0.3, 0.4) is 0 Å². The maximum absolute atomic E-state index is 13.0. The molecule has 98 valence electrons. The van der Waals surface area contributed by atoms with Gasteiger partial charge in [0.15, 0.2) is 0 Å². The third-order valence-electron chi connectivity index (χ3n) is 2.44. The Morgan fingerprint density at radius 1 is 1.00 bits per heavy atom. The number of amides is 1. The fourth-order valence-electron chi connectivity index (χ4n) is 1.61. The van der Waals surface area contributed by atoms with E-state index in [1.807, 2.05) is 0 Å². The average molecular weight is 263 g/mol. The molecule has 0 fully saturated rings. The van der Waals surface area contributed by atoms with Gasteiger partial charge in [0.1, 0.15) is 11.6 Å². The molecule has 0 heterocycles. The van der Waals surface area contributed by atoms with E-state index in [9.17, 15) is 13.6 Å². The van der Waals surface area contributed by atoms with E-state index in [1.54, 1.807) is 0 Å². The molecule has 2 rings (SSSR count). The maximum Gasteiger partial charge on any atom is 0.257 e. The van der Waals surface area contributed by atoms with Gasteiger partial charge in [0.2, 0.25) is 0 Å². The molecule has 0 unspecified atom stereocenters. The van der Waals surface area contributed by atoms with Gasteiger partial charge in [-0.1, -0.05) is 0 Å². The summed E-state index contributed by atoms with van der Waals surface area (Å²) in [6.45, 7) is 0. The maximum atomic E-state index is 13.0. The van der Waals surface area contributed by atoms with Crippen molar-refractivity contribution < 1.29 is 13.6 Å². The van der Waals surface area contributed by atoms with Crippen LogP contribution in [0.15, 0.2) is 36.4 Å². The van der Waals surface area contributed by atoms with Crippen LogP contribution in [0.4, 0.5) is 25.8 Å². The molecular weight excluding hydrogens is 252 g/mol. The largest absolute Gasteiger partial charge is 0.399 e. The number of carbonyl (C=O) groups is 1. The Labute approximate surface area is 108 Å². The zero-order valence-electron chi connectivity index (χ0n) is 9.78. The molecular formula is C13H11F2N3O. The van der Waals surface area contributed by atoms with Crippen LogP contribution in [0, 0.1) is 11.6 Å². The highest BCUT2D eigenvalue weighted by Gasteiger charge is 2.11. The standard InChI is InChI=1S/C13H11F2N3O/c14-7-3-8(15)5-10(4-7)18-13(19)11-2-1-9(16)6-12(11)17/h1-6H,16-17H2,(H,18,19). The second-order valence-electron chi connectivity index (χ2n) is 3.96. The number of carbonyl (C=O) groups excluding carboxylic acids is 1. The highest BCUT2D eigenvalue weighted by molar-refractivity contribution is 6.08. The molecule has 19 heavy (non-hydrogen) atoms. The Morgan fingerprint density at radius 2 is 1.63 bits per heavy atom. The Hall–Kier alpha value is -2.63. The molecule has 0 aromatic heterocycles. The molecule has 0 spiro atoms. The topological polar surface area (TPSA) is 81.1 Å². The van der Waals surface area contributed by atoms with Crippen LogP contribution in [0.25, 0.3) is 0 Å². The Balaban J connectivity index is 2.25. The van der Waals surface area contributed by atoms with Crippen LogP contribution < -0.4 is 16.8 Å². The summed E-state index contributed by atoms with van der Waals surface area (Å²) in [6, 6.07) is 7.12. The van der Waals surface area contributed by atoms with Gasteiger partial charge in [0.25, 0.3) is 5.91 Å². The molecule has 0 aliphatic heterocycles. The van der Waals surface area contributed by atoms with E-state index < -0.39 is 17.5 Å². The minimum absolute atomic E-state index is 0.0127. The third kappa shape index (κ3) is 2.98. The number of halogens is 2. The lowest BCUT2D eigenvalue weighted by atomic mass is 10.1. The number of nitrogens with one attached hydrogen (secondary N) is 1. The lowest BCUT2D eigenvalue weighted by Gasteiger charge is -2.08. The van der Waals surface area contributed by atoms with Gasteiger partial charge in [-0.25, -0.2) is 8.78 Å². The molecule has 0 saturated heterocycles. The quantitative estimate of drug-likeness (QED) is 0.727. The first-order valence-electron chi connectivity index (χ1n) is 5.38. The van der Waals surface area contributed by atoms with Crippen LogP contribution in [0.2, 0.25) is 0 Å². The van der Waals surface area contributed by atoms with Crippen molar-refractivity contribution in [3.63, 3.8) is 0 Å². The predicted molar refractivity (Wildman–Crippen MR) is 69.6 cm³/mol. The number of benzene rings is 2. The highest BCUT2D eigenvalue weighted by Crippen LogP contribution is 2.19. The number of hydrogen-bond donors (Lipinski definition) is 3. The minimum Gasteiger partial charge on any atom is -0.399 e. The summed E-state index contributed by atoms with van der Waals surface area (Å²) in [7, 11) is 0. The van der Waals surface area contributed by atoms with E-state index in [4.69, 9.17) is 11.5 Å². The zero-order valence-corrected chi connectivity index (χ0v) is 9.78. The Kier molecular flexibility index (Phi) is 3.33. The van der Waals surface area contributed by atoms with Crippen molar-refractivity contribution in [2.24, 2.45) is 0 Å². The van der Waals surface area contributed by atoms with E-state index in [2.05, 4.69) is 5.32 Å². The lowest BCUT2D eigenvalue weighted by Crippen LogP contribution is -2.14. The summed E-state index contributed by atoms with van der Waals surface area (Å²) in [6.07, 6.45) is 0. The molecule has 0 radical (unpaired) electrons. The first kappa shape index (κ1) is 12.8. The van der Waals surface area contributed by atoms with Gasteiger partial charge in [-0.2, -0.15) is 0 Å². The summed E-state index contributed by atoms with van der Waals surface area (Å²) in [5, 5.41) is 2.36. The van der Waals surface area contributed by atoms with Crippen molar-refractivity contribution in [3.8, 4) is 0 Å². The fraction of sp³-hybridized carbons (Fsp3) is 0. The normalized spacial score (nSPS) is 10.2. The van der Waals surface area contributed by atoms with Gasteiger partial charge in [-0.15, -0.1) is 0 Å². The van der Waals surface area contributed by atoms with Crippen LogP contribution in [0.1, 0.15) is 10.4 Å². The minimum atomic E-state index is -0.777. The van der Waals surface area contributed by atoms with E-state index in [0.717, 1.165) is 12.1 Å². The van der Waals surface area contributed by atoms with Crippen LogP contribution in [0.5, 0.6) is 0 Å². The molecule has 0 saturated carbocycles. The van der Waals surface area contributed by atoms with Gasteiger partial charge in [0.05, 0.1) is 5.56 Å². The summed E-state index contributed by atoms with van der Waals surface area (Å²) in [4.78, 5) is 11.9. The van der Waals surface area contributed by atoms with Gasteiger partial charge >= 0.3 is 0 Å². The van der Waals surface area contributed by atoms with Crippen molar-refractivity contribution in [2.45, 2.75) is 0 Å². The Morgan fingerprint density at radius 3 is 2.21 bits per heavy atom.